The number of aliphatic hydroxyl groups excluding tert-OH is 1. The molecule has 1 unspecified atom stereocenters. The number of benzene rings is 1. The van der Waals surface area contributed by atoms with Crippen LogP contribution in [0.4, 0.5) is 0 Å². The molecule has 1 nitrogen and oxygen atoms in total. The minimum atomic E-state index is -0.626. The Kier molecular flexibility index (Phi) is 3.66. The van der Waals surface area contributed by atoms with Gasteiger partial charge in [0.1, 0.15) is 6.10 Å². The quantitative estimate of drug-likeness (QED) is 0.809. The van der Waals surface area contributed by atoms with E-state index in [-0.39, 0.29) is 0 Å². The van der Waals surface area contributed by atoms with Gasteiger partial charge in [0.25, 0.3) is 0 Å². The van der Waals surface area contributed by atoms with Crippen LogP contribution in [0.25, 0.3) is 0 Å². The summed E-state index contributed by atoms with van der Waals surface area (Å²) in [6.45, 7) is 0. The van der Waals surface area contributed by atoms with Crippen molar-refractivity contribution in [2.75, 3.05) is 0 Å². The summed E-state index contributed by atoms with van der Waals surface area (Å²) in [6.07, 6.45) is -0.626. The molecule has 2 rings (SSSR count). The van der Waals surface area contributed by atoms with Crippen LogP contribution in [-0.2, 0) is 0 Å². The topological polar surface area (TPSA) is 20.2 Å². The summed E-state index contributed by atoms with van der Waals surface area (Å²) in [5, 5.41) is 12.7. The van der Waals surface area contributed by atoms with E-state index in [9.17, 15) is 5.11 Å². The monoisotopic (exact) mass is 350 g/mol. The minimum Gasteiger partial charge on any atom is -0.384 e. The van der Waals surface area contributed by atoms with Gasteiger partial charge in [-0.1, -0.05) is 29.8 Å². The van der Waals surface area contributed by atoms with Gasteiger partial charge in [0.15, 0.2) is 0 Å². The lowest BCUT2D eigenvalue weighted by Crippen LogP contribution is -1.98. The minimum absolute atomic E-state index is 0.603. The van der Waals surface area contributed by atoms with E-state index in [0.717, 1.165) is 14.0 Å². The molecule has 0 spiro atoms. The highest BCUT2D eigenvalue weighted by atomic mass is 127. The first kappa shape index (κ1) is 11.4. The van der Waals surface area contributed by atoms with Crippen LogP contribution >= 0.6 is 45.5 Å². The molecule has 0 bridgehead atoms. The molecule has 1 N–H and O–H groups in total. The first-order chi connectivity index (χ1) is 7.18. The van der Waals surface area contributed by atoms with Gasteiger partial charge in [-0.2, -0.15) is 0 Å². The molecular formula is C11H8ClIOS. The summed E-state index contributed by atoms with van der Waals surface area (Å²) < 4.78 is 1.16. The maximum absolute atomic E-state index is 10.1. The second kappa shape index (κ2) is 4.82. The molecule has 0 fully saturated rings. The van der Waals surface area contributed by atoms with Gasteiger partial charge in [0.05, 0.1) is 2.88 Å². The molecule has 4 heteroatoms. The van der Waals surface area contributed by atoms with Crippen molar-refractivity contribution < 1.29 is 5.11 Å². The fraction of sp³-hybridized carbons (Fsp3) is 0.0909. The average Bonchev–Trinajstić information content (AvgIpc) is 2.65. The summed E-state index contributed by atoms with van der Waals surface area (Å²) in [7, 11) is 0. The van der Waals surface area contributed by atoms with Gasteiger partial charge in [-0.05, 0) is 45.7 Å². The van der Waals surface area contributed by atoms with Crippen LogP contribution in [0.2, 0.25) is 5.02 Å². The van der Waals surface area contributed by atoms with Crippen molar-refractivity contribution in [3.63, 3.8) is 0 Å². The van der Waals surface area contributed by atoms with Crippen LogP contribution in [0.3, 0.4) is 0 Å². The molecule has 0 aliphatic rings. The van der Waals surface area contributed by atoms with Crippen molar-refractivity contribution >= 4 is 45.5 Å². The SMILES string of the molecule is OC(c1csc(I)c1)c1ccccc1Cl. The molecule has 0 saturated heterocycles. The lowest BCUT2D eigenvalue weighted by molar-refractivity contribution is 0.221. The molecular weight excluding hydrogens is 343 g/mol. The Bertz CT molecular complexity index is 469. The Labute approximate surface area is 111 Å². The number of hydrogen-bond donors (Lipinski definition) is 1. The summed E-state index contributed by atoms with van der Waals surface area (Å²) in [5.74, 6) is 0. The Morgan fingerprint density at radius 1 is 1.33 bits per heavy atom. The fourth-order valence-corrected chi connectivity index (χ4v) is 2.97. The van der Waals surface area contributed by atoms with E-state index in [1.165, 1.54) is 0 Å². The highest BCUT2D eigenvalue weighted by Gasteiger charge is 2.14. The molecule has 0 radical (unpaired) electrons. The van der Waals surface area contributed by atoms with E-state index in [1.807, 2.05) is 29.6 Å². The van der Waals surface area contributed by atoms with E-state index in [0.29, 0.717) is 5.02 Å². The highest BCUT2D eigenvalue weighted by molar-refractivity contribution is 14.1. The maximum Gasteiger partial charge on any atom is 0.106 e. The van der Waals surface area contributed by atoms with Crippen molar-refractivity contribution in [3.05, 3.63) is 54.7 Å². The third kappa shape index (κ3) is 2.53. The van der Waals surface area contributed by atoms with Crippen LogP contribution in [-0.4, -0.2) is 5.11 Å². The number of hydrogen-bond acceptors (Lipinski definition) is 2. The number of aliphatic hydroxyl groups is 1. The van der Waals surface area contributed by atoms with Crippen LogP contribution in [0.1, 0.15) is 17.2 Å². The number of halogens is 2. The van der Waals surface area contributed by atoms with Crippen LogP contribution < -0.4 is 0 Å². The predicted molar refractivity (Wildman–Crippen MR) is 72.5 cm³/mol. The summed E-state index contributed by atoms with van der Waals surface area (Å²) in [5.41, 5.74) is 1.66. The molecule has 15 heavy (non-hydrogen) atoms. The molecule has 78 valence electrons. The van der Waals surface area contributed by atoms with E-state index in [4.69, 9.17) is 11.6 Å². The van der Waals surface area contributed by atoms with Crippen LogP contribution in [0.5, 0.6) is 0 Å². The van der Waals surface area contributed by atoms with Crippen molar-refractivity contribution in [3.8, 4) is 0 Å². The zero-order valence-corrected chi connectivity index (χ0v) is 11.4. The molecule has 1 heterocycles. The number of thiophene rings is 1. The maximum atomic E-state index is 10.1. The Balaban J connectivity index is 2.36. The second-order valence-electron chi connectivity index (χ2n) is 3.11. The van der Waals surface area contributed by atoms with Gasteiger partial charge in [0, 0.05) is 10.6 Å². The Morgan fingerprint density at radius 3 is 2.67 bits per heavy atom. The van der Waals surface area contributed by atoms with Gasteiger partial charge in [0.2, 0.25) is 0 Å². The largest absolute Gasteiger partial charge is 0.384 e. The highest BCUT2D eigenvalue weighted by Crippen LogP contribution is 2.30. The van der Waals surface area contributed by atoms with Crippen molar-refractivity contribution in [2.24, 2.45) is 0 Å². The smallest absolute Gasteiger partial charge is 0.106 e. The normalized spacial score (nSPS) is 12.7. The third-order valence-electron chi connectivity index (χ3n) is 2.10. The van der Waals surface area contributed by atoms with E-state index >= 15 is 0 Å². The van der Waals surface area contributed by atoms with Gasteiger partial charge in [-0.25, -0.2) is 0 Å². The molecule has 0 aliphatic carbocycles. The van der Waals surface area contributed by atoms with Gasteiger partial charge in [-0.3, -0.25) is 0 Å². The zero-order valence-electron chi connectivity index (χ0n) is 7.65. The zero-order chi connectivity index (χ0) is 10.8. The van der Waals surface area contributed by atoms with Gasteiger partial charge >= 0.3 is 0 Å². The first-order valence-electron chi connectivity index (χ1n) is 4.35. The molecule has 2 aromatic rings. The van der Waals surface area contributed by atoms with Crippen LogP contribution in [0.15, 0.2) is 35.7 Å². The molecule has 1 atom stereocenters. The molecule has 1 aromatic carbocycles. The summed E-state index contributed by atoms with van der Waals surface area (Å²) in [6, 6.07) is 9.34. The van der Waals surface area contributed by atoms with E-state index in [1.54, 1.807) is 17.4 Å². The van der Waals surface area contributed by atoms with Gasteiger partial charge in [-0.15, -0.1) is 11.3 Å². The average molecular weight is 351 g/mol. The predicted octanol–water partition coefficient (Wildman–Crippen LogP) is 4.09. The molecule has 0 aliphatic heterocycles. The van der Waals surface area contributed by atoms with E-state index < -0.39 is 6.10 Å². The second-order valence-corrected chi connectivity index (χ2v) is 6.32. The van der Waals surface area contributed by atoms with Crippen molar-refractivity contribution in [1.29, 1.82) is 0 Å². The van der Waals surface area contributed by atoms with Gasteiger partial charge < -0.3 is 5.11 Å². The lowest BCUT2D eigenvalue weighted by Gasteiger charge is -2.10. The summed E-state index contributed by atoms with van der Waals surface area (Å²) >= 11 is 9.87. The Morgan fingerprint density at radius 2 is 2.07 bits per heavy atom. The fourth-order valence-electron chi connectivity index (χ4n) is 1.34. The van der Waals surface area contributed by atoms with Crippen molar-refractivity contribution in [2.45, 2.75) is 6.10 Å². The standard InChI is InChI=1S/C11H8ClIOS/c12-9-4-2-1-3-8(9)11(14)7-5-10(13)15-6-7/h1-6,11,14H. The van der Waals surface area contributed by atoms with Crippen LogP contribution in [0, 0.1) is 2.88 Å². The first-order valence-corrected chi connectivity index (χ1v) is 6.68. The Hall–Kier alpha value is -0.100. The molecule has 0 saturated carbocycles. The number of rotatable bonds is 2. The lowest BCUT2D eigenvalue weighted by atomic mass is 10.0. The third-order valence-corrected chi connectivity index (χ3v) is 4.25. The van der Waals surface area contributed by atoms with Crippen molar-refractivity contribution in [1.82, 2.24) is 0 Å². The molecule has 1 aromatic heterocycles. The summed E-state index contributed by atoms with van der Waals surface area (Å²) in [4.78, 5) is 0. The van der Waals surface area contributed by atoms with E-state index in [2.05, 4.69) is 22.6 Å². The molecule has 0 amide bonds.